The van der Waals surface area contributed by atoms with E-state index >= 15 is 0 Å². The van der Waals surface area contributed by atoms with E-state index in [4.69, 9.17) is 21.1 Å². The summed E-state index contributed by atoms with van der Waals surface area (Å²) < 4.78 is 10.6. The fraction of sp³-hybridized carbons (Fsp3) is 0.652. The number of rotatable bonds is 8. The van der Waals surface area contributed by atoms with Crippen molar-refractivity contribution in [2.24, 2.45) is 0 Å². The summed E-state index contributed by atoms with van der Waals surface area (Å²) in [5.41, 5.74) is -0.729. The number of carbonyl (C=O) groups is 2. The molecule has 9 heteroatoms. The molecular weight excluding hydrogens is 500 g/mol. The standard InChI is InChI=1S/C23H34BrClN2O5/c1-22(2,3)32-21(29)26-13-10-23(30,11-14-26)16-27(20(28)19(24)9-12-25)15-17-5-7-18(31-4)8-6-17/h5-8,19,30H,9-16H2,1-4H3. The molecule has 32 heavy (non-hydrogen) atoms. The highest BCUT2D eigenvalue weighted by atomic mass is 79.9. The van der Waals surface area contributed by atoms with Crippen molar-refractivity contribution in [1.82, 2.24) is 9.80 Å². The van der Waals surface area contributed by atoms with E-state index in [1.807, 2.05) is 45.0 Å². The molecule has 0 aromatic heterocycles. The molecule has 1 aromatic rings. The second-order valence-electron chi connectivity index (χ2n) is 9.18. The topological polar surface area (TPSA) is 79.3 Å². The molecule has 7 nitrogen and oxygen atoms in total. The van der Waals surface area contributed by atoms with Gasteiger partial charge in [0.25, 0.3) is 0 Å². The van der Waals surface area contributed by atoms with E-state index in [-0.39, 0.29) is 18.5 Å². The lowest BCUT2D eigenvalue weighted by Gasteiger charge is -2.41. The highest BCUT2D eigenvalue weighted by molar-refractivity contribution is 9.10. The zero-order valence-corrected chi connectivity index (χ0v) is 21.6. The van der Waals surface area contributed by atoms with Gasteiger partial charge in [0.05, 0.1) is 17.5 Å². The maximum Gasteiger partial charge on any atom is 0.410 e. The number of likely N-dealkylation sites (tertiary alicyclic amines) is 1. The number of carbonyl (C=O) groups excluding carboxylic acids is 2. The first-order valence-corrected chi connectivity index (χ1v) is 12.2. The highest BCUT2D eigenvalue weighted by Gasteiger charge is 2.38. The lowest BCUT2D eigenvalue weighted by molar-refractivity contribution is -0.136. The van der Waals surface area contributed by atoms with Gasteiger partial charge < -0.3 is 24.4 Å². The van der Waals surface area contributed by atoms with Crippen molar-refractivity contribution < 1.29 is 24.2 Å². The normalized spacial score (nSPS) is 16.9. The maximum absolute atomic E-state index is 13.1. The number of amides is 2. The molecule has 1 aliphatic rings. The monoisotopic (exact) mass is 532 g/mol. The molecule has 1 saturated heterocycles. The van der Waals surface area contributed by atoms with Crippen LogP contribution in [0.3, 0.4) is 0 Å². The fourth-order valence-corrected chi connectivity index (χ4v) is 4.53. The Balaban J connectivity index is 2.09. The summed E-state index contributed by atoms with van der Waals surface area (Å²) in [5, 5.41) is 11.3. The Labute approximate surface area is 204 Å². The van der Waals surface area contributed by atoms with Crippen LogP contribution in [-0.2, 0) is 16.1 Å². The second-order valence-corrected chi connectivity index (χ2v) is 10.7. The molecule has 180 valence electrons. The molecule has 1 unspecified atom stereocenters. The number of benzene rings is 1. The van der Waals surface area contributed by atoms with Crippen LogP contribution >= 0.6 is 27.5 Å². The molecule has 2 rings (SSSR count). The Morgan fingerprint density at radius 1 is 1.25 bits per heavy atom. The third kappa shape index (κ3) is 8.12. The average molecular weight is 534 g/mol. The largest absolute Gasteiger partial charge is 0.497 e. The van der Waals surface area contributed by atoms with E-state index in [2.05, 4.69) is 15.9 Å². The maximum atomic E-state index is 13.1. The third-order valence-corrected chi connectivity index (χ3v) is 6.37. The van der Waals surface area contributed by atoms with Crippen molar-refractivity contribution in [2.75, 3.05) is 32.6 Å². The van der Waals surface area contributed by atoms with E-state index in [1.165, 1.54) is 0 Å². The van der Waals surface area contributed by atoms with E-state index < -0.39 is 16.0 Å². The summed E-state index contributed by atoms with van der Waals surface area (Å²) in [6.45, 7) is 6.74. The summed E-state index contributed by atoms with van der Waals surface area (Å²) in [6, 6.07) is 7.49. The molecule has 0 bridgehead atoms. The van der Waals surface area contributed by atoms with Gasteiger partial charge in [-0.25, -0.2) is 4.79 Å². The summed E-state index contributed by atoms with van der Waals surface area (Å²) in [7, 11) is 1.60. The lowest BCUT2D eigenvalue weighted by atomic mass is 9.90. The molecule has 0 spiro atoms. The molecule has 1 aliphatic heterocycles. The molecule has 1 aromatic carbocycles. The van der Waals surface area contributed by atoms with Gasteiger partial charge in [-0.2, -0.15) is 0 Å². The number of methoxy groups -OCH3 is 1. The smallest absolute Gasteiger partial charge is 0.410 e. The minimum Gasteiger partial charge on any atom is -0.497 e. The zero-order chi connectivity index (χ0) is 23.9. The Morgan fingerprint density at radius 3 is 2.34 bits per heavy atom. The number of aliphatic hydroxyl groups is 1. The molecule has 1 fully saturated rings. The molecule has 2 amide bonds. The lowest BCUT2D eigenvalue weighted by Crippen LogP contribution is -2.54. The van der Waals surface area contributed by atoms with Crippen LogP contribution in [0.5, 0.6) is 5.75 Å². The van der Waals surface area contributed by atoms with E-state index in [0.29, 0.717) is 44.8 Å². The SMILES string of the molecule is COc1ccc(CN(CC2(O)CCN(C(=O)OC(C)(C)C)CC2)C(=O)C(Br)CCCl)cc1. The van der Waals surface area contributed by atoms with Crippen molar-refractivity contribution in [1.29, 1.82) is 0 Å². The van der Waals surface area contributed by atoms with Crippen LogP contribution < -0.4 is 4.74 Å². The molecule has 0 saturated carbocycles. The first kappa shape index (κ1) is 26.7. The molecule has 1 N–H and O–H groups in total. The van der Waals surface area contributed by atoms with Crippen LogP contribution in [-0.4, -0.2) is 75.6 Å². The summed E-state index contributed by atoms with van der Waals surface area (Å²) in [4.78, 5) is 28.3. The van der Waals surface area contributed by atoms with Gasteiger partial charge in [0, 0.05) is 32.1 Å². The average Bonchev–Trinajstić information content (AvgIpc) is 2.72. The van der Waals surface area contributed by atoms with E-state index in [0.717, 1.165) is 11.3 Å². The first-order valence-electron chi connectivity index (χ1n) is 10.8. The number of alkyl halides is 2. The van der Waals surface area contributed by atoms with Crippen molar-refractivity contribution in [3.63, 3.8) is 0 Å². The van der Waals surface area contributed by atoms with Crippen LogP contribution in [0.2, 0.25) is 0 Å². The van der Waals surface area contributed by atoms with Gasteiger partial charge in [-0.1, -0.05) is 28.1 Å². The molecule has 1 atom stereocenters. The number of halogens is 2. The number of hydrogen-bond acceptors (Lipinski definition) is 5. The van der Waals surface area contributed by atoms with Crippen molar-refractivity contribution in [3.05, 3.63) is 29.8 Å². The van der Waals surface area contributed by atoms with Gasteiger partial charge in [0.2, 0.25) is 5.91 Å². The van der Waals surface area contributed by atoms with Gasteiger partial charge in [0.1, 0.15) is 11.4 Å². The van der Waals surface area contributed by atoms with Gasteiger partial charge >= 0.3 is 6.09 Å². The number of ether oxygens (including phenoxy) is 2. The van der Waals surface area contributed by atoms with E-state index in [1.54, 1.807) is 16.9 Å². The van der Waals surface area contributed by atoms with Gasteiger partial charge in [-0.3, -0.25) is 4.79 Å². The number of nitrogens with zero attached hydrogens (tertiary/aromatic N) is 2. The molecule has 0 aliphatic carbocycles. The Bertz CT molecular complexity index is 761. The van der Waals surface area contributed by atoms with Crippen molar-refractivity contribution in [2.45, 2.75) is 62.6 Å². The number of piperidine rings is 1. The minimum atomic E-state index is -1.09. The Morgan fingerprint density at radius 2 is 1.84 bits per heavy atom. The fourth-order valence-electron chi connectivity index (χ4n) is 3.53. The quantitative estimate of drug-likeness (QED) is 0.507. The number of hydrogen-bond donors (Lipinski definition) is 1. The predicted octanol–water partition coefficient (Wildman–Crippen LogP) is 4.18. The van der Waals surface area contributed by atoms with Gasteiger partial charge in [-0.15, -0.1) is 11.6 Å². The summed E-state index contributed by atoms with van der Waals surface area (Å²) in [6.07, 6.45) is 0.834. The third-order valence-electron chi connectivity index (χ3n) is 5.31. The van der Waals surface area contributed by atoms with Crippen LogP contribution in [0.25, 0.3) is 0 Å². The van der Waals surface area contributed by atoms with Crippen LogP contribution in [0, 0.1) is 0 Å². The second kappa shape index (κ2) is 11.6. The zero-order valence-electron chi connectivity index (χ0n) is 19.3. The van der Waals surface area contributed by atoms with E-state index in [9.17, 15) is 14.7 Å². The molecule has 0 radical (unpaired) electrons. The summed E-state index contributed by atoms with van der Waals surface area (Å²) in [5.74, 6) is 0.970. The van der Waals surface area contributed by atoms with Crippen LogP contribution in [0.15, 0.2) is 24.3 Å². The first-order chi connectivity index (χ1) is 15.0. The predicted molar refractivity (Wildman–Crippen MR) is 128 cm³/mol. The minimum absolute atomic E-state index is 0.121. The van der Waals surface area contributed by atoms with Gasteiger partial charge in [-0.05, 0) is 57.7 Å². The summed E-state index contributed by atoms with van der Waals surface area (Å²) >= 11 is 9.27. The Kier molecular flexibility index (Phi) is 9.67. The molecule has 1 heterocycles. The van der Waals surface area contributed by atoms with Crippen molar-refractivity contribution >= 4 is 39.5 Å². The highest BCUT2D eigenvalue weighted by Crippen LogP contribution is 2.27. The Hall–Kier alpha value is -1.51. The molecular formula is C23H34BrClN2O5. The van der Waals surface area contributed by atoms with Gasteiger partial charge in [0.15, 0.2) is 0 Å². The van der Waals surface area contributed by atoms with Crippen molar-refractivity contribution in [3.8, 4) is 5.75 Å². The van der Waals surface area contributed by atoms with Crippen LogP contribution in [0.4, 0.5) is 4.79 Å². The van der Waals surface area contributed by atoms with Crippen LogP contribution in [0.1, 0.15) is 45.6 Å².